The summed E-state index contributed by atoms with van der Waals surface area (Å²) < 4.78 is 2.89. The maximum atomic E-state index is 12.7. The number of carbonyl (C=O) groups is 1. The number of rotatable bonds is 1. The van der Waals surface area contributed by atoms with Crippen molar-refractivity contribution in [1.29, 1.82) is 5.41 Å². The summed E-state index contributed by atoms with van der Waals surface area (Å²) in [5.74, 6) is -0.387. The number of nitrogens with zero attached hydrogens (tertiary/aromatic N) is 3. The first kappa shape index (κ1) is 15.9. The molecule has 0 aromatic carbocycles. The van der Waals surface area contributed by atoms with Gasteiger partial charge in [0.05, 0.1) is 10.9 Å². The van der Waals surface area contributed by atoms with E-state index in [0.29, 0.717) is 16.7 Å². The number of pyridine rings is 2. The molecule has 0 saturated carbocycles. The van der Waals surface area contributed by atoms with E-state index in [0.717, 1.165) is 0 Å². The highest BCUT2D eigenvalue weighted by molar-refractivity contribution is 5.97. The maximum absolute atomic E-state index is 12.7. The minimum atomic E-state index is -0.437. The molecule has 3 aromatic rings. The number of fused-ring (bicyclic) bond motifs is 2. The van der Waals surface area contributed by atoms with E-state index in [9.17, 15) is 9.59 Å². The summed E-state index contributed by atoms with van der Waals surface area (Å²) in [4.78, 5) is 29.7. The first-order valence-corrected chi connectivity index (χ1v) is 7.57. The van der Waals surface area contributed by atoms with E-state index < -0.39 is 5.54 Å². The van der Waals surface area contributed by atoms with Gasteiger partial charge in [0.1, 0.15) is 16.8 Å². The van der Waals surface area contributed by atoms with Crippen molar-refractivity contribution < 1.29 is 4.79 Å². The second-order valence-electron chi connectivity index (χ2n) is 6.75. The van der Waals surface area contributed by atoms with Crippen molar-refractivity contribution in [3.63, 3.8) is 0 Å². The van der Waals surface area contributed by atoms with Crippen LogP contribution in [-0.4, -0.2) is 25.4 Å². The van der Waals surface area contributed by atoms with E-state index in [4.69, 9.17) is 5.41 Å². The highest BCUT2D eigenvalue weighted by Gasteiger charge is 2.19. The van der Waals surface area contributed by atoms with Gasteiger partial charge in [0.2, 0.25) is 0 Å². The van der Waals surface area contributed by atoms with E-state index in [1.165, 1.54) is 15.0 Å². The molecule has 0 bridgehead atoms. The Bertz CT molecular complexity index is 1090. The predicted octanol–water partition coefficient (Wildman–Crippen LogP) is 1.19. The van der Waals surface area contributed by atoms with Crippen LogP contribution in [0.4, 0.5) is 0 Å². The predicted molar refractivity (Wildman–Crippen MR) is 91.0 cm³/mol. The molecule has 7 nitrogen and oxygen atoms in total. The largest absolute Gasteiger partial charge is 0.347 e. The standard InChI is InChI=1S/C17H19N5O2/c1-17(2,3)20-15(23)10-9-11-14(21(4)13(10)18)19-12-7-5-6-8-22(12)16(11)24/h5-9,18H,1-4H3,(H,20,23). The molecular weight excluding hydrogens is 306 g/mol. The Hall–Kier alpha value is -2.96. The molecule has 3 aromatic heterocycles. The smallest absolute Gasteiger partial charge is 0.267 e. The van der Waals surface area contributed by atoms with Gasteiger partial charge < -0.3 is 9.88 Å². The van der Waals surface area contributed by atoms with Crippen LogP contribution in [0.25, 0.3) is 16.7 Å². The van der Waals surface area contributed by atoms with Gasteiger partial charge in [0.25, 0.3) is 11.5 Å². The van der Waals surface area contributed by atoms with E-state index >= 15 is 0 Å². The number of hydrogen-bond donors (Lipinski definition) is 2. The van der Waals surface area contributed by atoms with Crippen LogP contribution in [-0.2, 0) is 7.05 Å². The Kier molecular flexibility index (Phi) is 3.51. The van der Waals surface area contributed by atoms with Gasteiger partial charge in [0, 0.05) is 18.8 Å². The maximum Gasteiger partial charge on any atom is 0.267 e. The summed E-state index contributed by atoms with van der Waals surface area (Å²) in [7, 11) is 1.63. The van der Waals surface area contributed by atoms with Crippen LogP contribution in [0.2, 0.25) is 0 Å². The van der Waals surface area contributed by atoms with Crippen molar-refractivity contribution in [1.82, 2.24) is 19.3 Å². The average molecular weight is 325 g/mol. The molecule has 1 amide bonds. The van der Waals surface area contributed by atoms with Gasteiger partial charge in [-0.2, -0.15) is 0 Å². The third kappa shape index (κ3) is 2.58. The van der Waals surface area contributed by atoms with Crippen LogP contribution in [0.3, 0.4) is 0 Å². The summed E-state index contributed by atoms with van der Waals surface area (Å²) in [5.41, 5.74) is 0.329. The molecule has 0 aliphatic heterocycles. The van der Waals surface area contributed by atoms with Gasteiger partial charge in [0.15, 0.2) is 0 Å². The third-order valence-corrected chi connectivity index (χ3v) is 3.68. The second kappa shape index (κ2) is 5.30. The fourth-order valence-corrected chi connectivity index (χ4v) is 2.55. The second-order valence-corrected chi connectivity index (χ2v) is 6.75. The number of amides is 1. The Balaban J connectivity index is 2.35. The summed E-state index contributed by atoms with van der Waals surface area (Å²) in [6, 6.07) is 6.71. The molecule has 0 radical (unpaired) electrons. The number of carbonyl (C=O) groups excluding carboxylic acids is 1. The zero-order valence-electron chi connectivity index (χ0n) is 14.0. The SMILES string of the molecule is Cn1c(=N)c(C(=O)NC(C)(C)C)cc2c(=O)n3ccccc3nc21. The summed E-state index contributed by atoms with van der Waals surface area (Å²) in [6.07, 6.45) is 1.63. The lowest BCUT2D eigenvalue weighted by molar-refractivity contribution is 0.0917. The summed E-state index contributed by atoms with van der Waals surface area (Å²) >= 11 is 0. The summed E-state index contributed by atoms with van der Waals surface area (Å²) in [5, 5.41) is 11.4. The average Bonchev–Trinajstić information content (AvgIpc) is 2.50. The molecule has 124 valence electrons. The molecule has 0 unspecified atom stereocenters. The lowest BCUT2D eigenvalue weighted by Crippen LogP contribution is -2.43. The Morgan fingerprint density at radius 2 is 2.00 bits per heavy atom. The van der Waals surface area contributed by atoms with Gasteiger partial charge in [-0.05, 0) is 39.0 Å². The lowest BCUT2D eigenvalue weighted by Gasteiger charge is -2.21. The Morgan fingerprint density at radius 1 is 1.29 bits per heavy atom. The third-order valence-electron chi connectivity index (χ3n) is 3.68. The monoisotopic (exact) mass is 325 g/mol. The zero-order valence-corrected chi connectivity index (χ0v) is 14.0. The van der Waals surface area contributed by atoms with Crippen molar-refractivity contribution in [3.05, 3.63) is 51.9 Å². The number of aromatic nitrogens is 3. The molecule has 3 rings (SSSR count). The zero-order chi connectivity index (χ0) is 17.6. The molecule has 24 heavy (non-hydrogen) atoms. The highest BCUT2D eigenvalue weighted by Crippen LogP contribution is 2.10. The van der Waals surface area contributed by atoms with Gasteiger partial charge in [-0.1, -0.05) is 6.07 Å². The van der Waals surface area contributed by atoms with Crippen molar-refractivity contribution >= 4 is 22.6 Å². The minimum absolute atomic E-state index is 0.0106. The van der Waals surface area contributed by atoms with Crippen molar-refractivity contribution in [3.8, 4) is 0 Å². The van der Waals surface area contributed by atoms with Gasteiger partial charge in [-0.25, -0.2) is 4.98 Å². The quantitative estimate of drug-likeness (QED) is 0.658. The van der Waals surface area contributed by atoms with E-state index in [1.807, 2.05) is 20.8 Å². The van der Waals surface area contributed by atoms with Crippen LogP contribution in [0.1, 0.15) is 31.1 Å². The Morgan fingerprint density at radius 3 is 2.67 bits per heavy atom. The van der Waals surface area contributed by atoms with E-state index in [-0.39, 0.29) is 22.5 Å². The molecule has 7 heteroatoms. The molecule has 2 N–H and O–H groups in total. The van der Waals surface area contributed by atoms with Crippen molar-refractivity contribution in [2.45, 2.75) is 26.3 Å². The van der Waals surface area contributed by atoms with Crippen LogP contribution in [0.15, 0.2) is 35.3 Å². The molecule has 0 spiro atoms. The number of aryl methyl sites for hydroxylation is 1. The fourth-order valence-electron chi connectivity index (χ4n) is 2.55. The van der Waals surface area contributed by atoms with Crippen LogP contribution in [0, 0.1) is 5.41 Å². The topological polar surface area (TPSA) is 92.2 Å². The van der Waals surface area contributed by atoms with Gasteiger partial charge in [-0.3, -0.25) is 19.4 Å². The molecule has 0 saturated heterocycles. The lowest BCUT2D eigenvalue weighted by atomic mass is 10.1. The number of hydrogen-bond acceptors (Lipinski definition) is 4. The number of nitrogens with one attached hydrogen (secondary N) is 2. The molecule has 3 heterocycles. The Labute approximate surface area is 138 Å². The van der Waals surface area contributed by atoms with Gasteiger partial charge >= 0.3 is 0 Å². The van der Waals surface area contributed by atoms with E-state index in [1.54, 1.807) is 31.4 Å². The van der Waals surface area contributed by atoms with Crippen molar-refractivity contribution in [2.24, 2.45) is 7.05 Å². The highest BCUT2D eigenvalue weighted by atomic mass is 16.2. The van der Waals surface area contributed by atoms with Crippen molar-refractivity contribution in [2.75, 3.05) is 0 Å². The first-order chi connectivity index (χ1) is 11.2. The molecule has 0 aliphatic rings. The van der Waals surface area contributed by atoms with Crippen LogP contribution >= 0.6 is 0 Å². The molecule has 0 atom stereocenters. The van der Waals surface area contributed by atoms with E-state index in [2.05, 4.69) is 10.3 Å². The molecule has 0 aliphatic carbocycles. The summed E-state index contributed by atoms with van der Waals surface area (Å²) in [6.45, 7) is 5.58. The fraction of sp³-hybridized carbons (Fsp3) is 0.294. The van der Waals surface area contributed by atoms with Gasteiger partial charge in [-0.15, -0.1) is 0 Å². The molecule has 0 fully saturated rings. The minimum Gasteiger partial charge on any atom is -0.347 e. The van der Waals surface area contributed by atoms with Crippen LogP contribution in [0.5, 0.6) is 0 Å². The first-order valence-electron chi connectivity index (χ1n) is 7.57. The normalized spacial score (nSPS) is 11.8. The molecular formula is C17H19N5O2. The van der Waals surface area contributed by atoms with Crippen LogP contribution < -0.4 is 16.4 Å².